The van der Waals surface area contributed by atoms with E-state index in [0.29, 0.717) is 20.8 Å². The van der Waals surface area contributed by atoms with Gasteiger partial charge in [-0.1, -0.05) is 34.1 Å². The third kappa shape index (κ3) is 4.50. The molecule has 0 bridgehead atoms. The van der Waals surface area contributed by atoms with Crippen LogP contribution in [0.3, 0.4) is 0 Å². The van der Waals surface area contributed by atoms with Crippen LogP contribution in [-0.4, -0.2) is 18.8 Å². The van der Waals surface area contributed by atoms with Gasteiger partial charge in [0.1, 0.15) is 5.76 Å². The minimum atomic E-state index is -0.149. The van der Waals surface area contributed by atoms with Crippen molar-refractivity contribution in [2.75, 3.05) is 13.7 Å². The Balaban J connectivity index is 4.89. The fraction of sp³-hybridized carbons (Fsp3) is 0.333. The Morgan fingerprint density at radius 2 is 2.23 bits per heavy atom. The van der Waals surface area contributed by atoms with Crippen LogP contribution in [0.25, 0.3) is 0 Å². The predicted molar refractivity (Wildman–Crippen MR) is 58.8 cm³/mol. The first-order valence-electron chi connectivity index (χ1n) is 3.59. The van der Waals surface area contributed by atoms with Gasteiger partial charge in [-0.25, -0.2) is 0 Å². The molecule has 0 amide bonds. The number of allylic oxidation sites excluding steroid dienone is 3. The zero-order chi connectivity index (χ0) is 10.4. The fourth-order valence-corrected chi connectivity index (χ4v) is 1.15. The highest BCUT2D eigenvalue weighted by atomic mass is 79.9. The number of halogens is 2. The predicted octanol–water partition coefficient (Wildman–Crippen LogP) is 2.93. The summed E-state index contributed by atoms with van der Waals surface area (Å²) in [6.07, 6.45) is 1.64. The maximum absolute atomic E-state index is 8.99. The molecule has 0 atom stereocenters. The van der Waals surface area contributed by atoms with Gasteiger partial charge >= 0.3 is 0 Å². The molecule has 0 heterocycles. The minimum absolute atomic E-state index is 0.149. The molecule has 4 heteroatoms. The van der Waals surface area contributed by atoms with Crippen LogP contribution in [-0.2, 0) is 4.74 Å². The Morgan fingerprint density at radius 1 is 1.69 bits per heavy atom. The number of methoxy groups -OCH3 is 1. The molecule has 0 aromatic carbocycles. The maximum atomic E-state index is 8.99. The van der Waals surface area contributed by atoms with Crippen LogP contribution in [0.4, 0.5) is 0 Å². The molecular formula is C9H12BrClO2. The van der Waals surface area contributed by atoms with Crippen molar-refractivity contribution in [2.45, 2.75) is 6.92 Å². The summed E-state index contributed by atoms with van der Waals surface area (Å²) in [4.78, 5) is 0. The first-order valence-corrected chi connectivity index (χ1v) is 4.76. The third-order valence-corrected chi connectivity index (χ3v) is 2.14. The highest BCUT2D eigenvalue weighted by Crippen LogP contribution is 2.21. The maximum Gasteiger partial charge on any atom is 0.111 e. The lowest BCUT2D eigenvalue weighted by molar-refractivity contribution is 0.289. The van der Waals surface area contributed by atoms with E-state index in [-0.39, 0.29) is 6.61 Å². The van der Waals surface area contributed by atoms with Crippen molar-refractivity contribution in [1.29, 1.82) is 0 Å². The largest absolute Gasteiger partial charge is 0.500 e. The number of rotatable bonds is 4. The van der Waals surface area contributed by atoms with Gasteiger partial charge < -0.3 is 9.84 Å². The lowest BCUT2D eigenvalue weighted by atomic mass is 10.2. The lowest BCUT2D eigenvalue weighted by Gasteiger charge is -2.06. The molecule has 0 spiro atoms. The van der Waals surface area contributed by atoms with Crippen molar-refractivity contribution >= 4 is 27.5 Å². The molecule has 0 unspecified atom stereocenters. The van der Waals surface area contributed by atoms with E-state index in [1.807, 2.05) is 0 Å². The number of aliphatic hydroxyl groups excluding tert-OH is 1. The summed E-state index contributed by atoms with van der Waals surface area (Å²) in [5, 5.41) is 9.39. The molecule has 0 saturated heterocycles. The quantitative estimate of drug-likeness (QED) is 0.627. The molecule has 2 nitrogen and oxygen atoms in total. The number of hydrogen-bond donors (Lipinski definition) is 1. The van der Waals surface area contributed by atoms with E-state index in [0.717, 1.165) is 0 Å². The molecule has 0 saturated carbocycles. The van der Waals surface area contributed by atoms with Crippen LogP contribution in [0, 0.1) is 0 Å². The number of hydrogen-bond acceptors (Lipinski definition) is 2. The Hall–Kier alpha value is -0.250. The second-order valence-electron chi connectivity index (χ2n) is 2.35. The minimum Gasteiger partial charge on any atom is -0.500 e. The van der Waals surface area contributed by atoms with E-state index in [9.17, 15) is 0 Å². The van der Waals surface area contributed by atoms with Gasteiger partial charge in [-0.05, 0) is 13.0 Å². The summed E-state index contributed by atoms with van der Waals surface area (Å²) in [7, 11) is 1.52. The van der Waals surface area contributed by atoms with Gasteiger partial charge in [0.15, 0.2) is 0 Å². The first kappa shape index (κ1) is 12.8. The normalized spacial score (nSPS) is 13.8. The van der Waals surface area contributed by atoms with Gasteiger partial charge in [-0.3, -0.25) is 0 Å². The summed E-state index contributed by atoms with van der Waals surface area (Å²) in [6, 6.07) is 0. The highest BCUT2D eigenvalue weighted by Gasteiger charge is 2.05. The molecule has 0 aliphatic rings. The van der Waals surface area contributed by atoms with Crippen molar-refractivity contribution < 1.29 is 9.84 Å². The molecule has 0 aromatic rings. The summed E-state index contributed by atoms with van der Waals surface area (Å²) >= 11 is 9.06. The standard InChI is InChI=1S/C9H12BrClO2/c1-6(10)4-8(5-12)9(11)7(2)13-3/h4,12H,1,5H2,2-3H3. The Kier molecular flexibility index (Phi) is 6.12. The van der Waals surface area contributed by atoms with E-state index in [1.54, 1.807) is 13.0 Å². The highest BCUT2D eigenvalue weighted by molar-refractivity contribution is 9.11. The average molecular weight is 268 g/mol. The van der Waals surface area contributed by atoms with Crippen molar-refractivity contribution in [3.8, 4) is 0 Å². The molecule has 0 radical (unpaired) electrons. The van der Waals surface area contributed by atoms with Gasteiger partial charge in [0.25, 0.3) is 0 Å². The smallest absolute Gasteiger partial charge is 0.111 e. The Bertz CT molecular complexity index is 256. The molecule has 13 heavy (non-hydrogen) atoms. The van der Waals surface area contributed by atoms with Crippen LogP contribution >= 0.6 is 27.5 Å². The summed E-state index contributed by atoms with van der Waals surface area (Å²) in [5.41, 5.74) is 0.572. The molecule has 0 rings (SSSR count). The number of aliphatic hydroxyl groups is 1. The fourth-order valence-electron chi connectivity index (χ4n) is 0.683. The monoisotopic (exact) mass is 266 g/mol. The summed E-state index contributed by atoms with van der Waals surface area (Å²) < 4.78 is 5.58. The van der Waals surface area contributed by atoms with E-state index < -0.39 is 0 Å². The van der Waals surface area contributed by atoms with Crippen LogP contribution in [0.15, 0.2) is 33.5 Å². The van der Waals surface area contributed by atoms with Gasteiger partial charge in [0.2, 0.25) is 0 Å². The molecule has 1 N–H and O–H groups in total. The lowest BCUT2D eigenvalue weighted by Crippen LogP contribution is -1.95. The first-order chi connectivity index (χ1) is 6.02. The summed E-state index contributed by atoms with van der Waals surface area (Å²) in [6.45, 7) is 5.19. The van der Waals surface area contributed by atoms with Gasteiger partial charge in [0, 0.05) is 10.1 Å². The van der Waals surface area contributed by atoms with Crippen molar-refractivity contribution in [3.05, 3.63) is 33.5 Å². The average Bonchev–Trinajstić information content (AvgIpc) is 2.11. The van der Waals surface area contributed by atoms with Gasteiger partial charge in [-0.15, -0.1) is 0 Å². The van der Waals surface area contributed by atoms with E-state index in [1.165, 1.54) is 7.11 Å². The van der Waals surface area contributed by atoms with Crippen molar-refractivity contribution in [3.63, 3.8) is 0 Å². The third-order valence-electron chi connectivity index (χ3n) is 1.40. The second-order valence-corrected chi connectivity index (χ2v) is 3.75. The Morgan fingerprint density at radius 3 is 2.54 bits per heavy atom. The van der Waals surface area contributed by atoms with E-state index in [2.05, 4.69) is 22.5 Å². The molecule has 74 valence electrons. The zero-order valence-electron chi connectivity index (χ0n) is 7.60. The van der Waals surface area contributed by atoms with Crippen LogP contribution in [0.5, 0.6) is 0 Å². The molecule has 0 aliphatic heterocycles. The topological polar surface area (TPSA) is 29.5 Å². The van der Waals surface area contributed by atoms with Crippen LogP contribution < -0.4 is 0 Å². The van der Waals surface area contributed by atoms with Crippen LogP contribution in [0.2, 0.25) is 0 Å². The second kappa shape index (κ2) is 6.24. The molecule has 0 fully saturated rings. The van der Waals surface area contributed by atoms with Gasteiger partial charge in [0.05, 0.1) is 18.7 Å². The van der Waals surface area contributed by atoms with E-state index >= 15 is 0 Å². The SMILES string of the molecule is C=C(Br)C=C(CO)C(Cl)=C(C)OC. The van der Waals surface area contributed by atoms with Crippen LogP contribution in [0.1, 0.15) is 6.92 Å². The van der Waals surface area contributed by atoms with Crippen molar-refractivity contribution in [1.82, 2.24) is 0 Å². The number of ether oxygens (including phenoxy) is 1. The zero-order valence-corrected chi connectivity index (χ0v) is 9.94. The molecular weight excluding hydrogens is 255 g/mol. The van der Waals surface area contributed by atoms with Crippen molar-refractivity contribution in [2.24, 2.45) is 0 Å². The molecule has 0 aliphatic carbocycles. The molecule has 0 aromatic heterocycles. The summed E-state index contributed by atoms with van der Waals surface area (Å²) in [5.74, 6) is 0.565. The van der Waals surface area contributed by atoms with E-state index in [4.69, 9.17) is 21.4 Å². The van der Waals surface area contributed by atoms with Gasteiger partial charge in [-0.2, -0.15) is 0 Å². The Labute approximate surface area is 91.7 Å².